The predicted molar refractivity (Wildman–Crippen MR) is 176 cm³/mol. The number of imide groups is 2. The molecule has 16 nitrogen and oxygen atoms in total. The van der Waals surface area contributed by atoms with Crippen LogP contribution in [0.3, 0.4) is 0 Å². The molecule has 0 radical (unpaired) electrons. The summed E-state index contributed by atoms with van der Waals surface area (Å²) in [4.78, 5) is 84.5. The maximum absolute atomic E-state index is 13.2. The van der Waals surface area contributed by atoms with E-state index in [-0.39, 0.29) is 93.0 Å². The summed E-state index contributed by atoms with van der Waals surface area (Å²) in [6, 6.07) is 7.02. The fraction of sp³-hybridized carbons (Fsp3) is 0.394. The lowest BCUT2D eigenvalue weighted by Crippen LogP contribution is -2.54. The Morgan fingerprint density at radius 3 is 2.42 bits per heavy atom. The number of aromatic nitrogens is 2. The number of nitrogens with zero attached hydrogens (tertiary/aromatic N) is 3. The SMILES string of the molecule is CNC(=O)c1sc(-c2ccnc(NC(=O)C3CC3)c2)nc1OCCOCCOCCOc1cccc2c1C(=O)N(C1CCC(=O)NC1=O)C2=O. The molecule has 0 bridgehead atoms. The Balaban J connectivity index is 0.920. The van der Waals surface area contributed by atoms with Crippen LogP contribution in [0.15, 0.2) is 36.5 Å². The fourth-order valence-electron chi connectivity index (χ4n) is 5.32. The molecule has 0 spiro atoms. The normalized spacial score (nSPS) is 17.0. The number of fused-ring (bicyclic) bond motifs is 1. The number of amides is 6. The first-order valence-corrected chi connectivity index (χ1v) is 16.8. The van der Waals surface area contributed by atoms with Crippen molar-refractivity contribution in [3.05, 3.63) is 52.5 Å². The van der Waals surface area contributed by atoms with Gasteiger partial charge >= 0.3 is 0 Å². The van der Waals surface area contributed by atoms with Gasteiger partial charge in [0.25, 0.3) is 17.7 Å². The Morgan fingerprint density at radius 2 is 1.70 bits per heavy atom. The van der Waals surface area contributed by atoms with Crippen LogP contribution in [0.25, 0.3) is 10.6 Å². The van der Waals surface area contributed by atoms with Gasteiger partial charge in [-0.2, -0.15) is 0 Å². The van der Waals surface area contributed by atoms with E-state index in [0.717, 1.165) is 29.1 Å². The molecule has 4 heterocycles. The highest BCUT2D eigenvalue weighted by Gasteiger charge is 2.46. The number of piperidine rings is 1. The second kappa shape index (κ2) is 15.5. The van der Waals surface area contributed by atoms with Crippen LogP contribution < -0.4 is 25.4 Å². The Bertz CT molecular complexity index is 1830. The molecule has 262 valence electrons. The molecule has 3 aliphatic rings. The fourth-order valence-corrected chi connectivity index (χ4v) is 6.28. The van der Waals surface area contributed by atoms with Gasteiger partial charge in [-0.05, 0) is 43.5 Å². The lowest BCUT2D eigenvalue weighted by molar-refractivity contribution is -0.136. The van der Waals surface area contributed by atoms with E-state index in [1.54, 1.807) is 30.5 Å². The van der Waals surface area contributed by atoms with Crippen LogP contribution in [-0.4, -0.2) is 103 Å². The zero-order chi connectivity index (χ0) is 35.2. The van der Waals surface area contributed by atoms with Crippen molar-refractivity contribution in [2.75, 3.05) is 52.0 Å². The molecule has 50 heavy (non-hydrogen) atoms. The molecule has 2 aromatic heterocycles. The zero-order valence-electron chi connectivity index (χ0n) is 27.0. The smallest absolute Gasteiger partial charge is 0.266 e. The molecular weight excluding hydrogens is 672 g/mol. The van der Waals surface area contributed by atoms with Crippen LogP contribution >= 0.6 is 11.3 Å². The number of rotatable bonds is 16. The van der Waals surface area contributed by atoms with Crippen molar-refractivity contribution in [2.45, 2.75) is 31.7 Å². The summed E-state index contributed by atoms with van der Waals surface area (Å²) < 4.78 is 22.7. The predicted octanol–water partition coefficient (Wildman–Crippen LogP) is 1.81. The van der Waals surface area contributed by atoms with Crippen molar-refractivity contribution >= 4 is 52.6 Å². The number of anilines is 1. The van der Waals surface area contributed by atoms with Crippen LogP contribution in [0.1, 0.15) is 56.1 Å². The number of nitrogens with one attached hydrogen (secondary N) is 3. The average Bonchev–Trinajstić information content (AvgIpc) is 3.83. The highest BCUT2D eigenvalue weighted by molar-refractivity contribution is 7.17. The molecule has 1 saturated heterocycles. The molecule has 3 aromatic rings. The van der Waals surface area contributed by atoms with Crippen LogP contribution in [0, 0.1) is 5.92 Å². The summed E-state index contributed by atoms with van der Waals surface area (Å²) in [5.74, 6) is -1.99. The monoisotopic (exact) mass is 706 g/mol. The summed E-state index contributed by atoms with van der Waals surface area (Å²) in [5.41, 5.74) is 0.880. The third kappa shape index (κ3) is 7.79. The van der Waals surface area contributed by atoms with E-state index in [0.29, 0.717) is 21.3 Å². The molecule has 1 unspecified atom stereocenters. The summed E-state index contributed by atoms with van der Waals surface area (Å²) in [5, 5.41) is 8.10. The quantitative estimate of drug-likeness (QED) is 0.144. The number of pyridine rings is 1. The van der Waals surface area contributed by atoms with E-state index >= 15 is 0 Å². The number of carbonyl (C=O) groups is 6. The molecule has 2 fully saturated rings. The van der Waals surface area contributed by atoms with E-state index in [1.807, 2.05) is 0 Å². The van der Waals surface area contributed by atoms with Gasteiger partial charge in [-0.15, -0.1) is 11.3 Å². The minimum Gasteiger partial charge on any atom is -0.490 e. The lowest BCUT2D eigenvalue weighted by Gasteiger charge is -2.27. The third-order valence-electron chi connectivity index (χ3n) is 7.99. The van der Waals surface area contributed by atoms with Gasteiger partial charge in [0.1, 0.15) is 35.8 Å². The topological polar surface area (TPSA) is 204 Å². The van der Waals surface area contributed by atoms with Crippen molar-refractivity contribution in [3.8, 4) is 22.2 Å². The number of hydrogen-bond acceptors (Lipinski definition) is 13. The van der Waals surface area contributed by atoms with E-state index in [1.165, 1.54) is 13.1 Å². The van der Waals surface area contributed by atoms with Crippen molar-refractivity contribution in [2.24, 2.45) is 5.92 Å². The Kier molecular flexibility index (Phi) is 10.7. The van der Waals surface area contributed by atoms with E-state index in [4.69, 9.17) is 18.9 Å². The Labute approximate surface area is 289 Å². The molecule has 1 atom stereocenters. The standard InChI is InChI=1S/C33H34N6O10S/c1-34-29(43)26-30(38-31(50-26)19-9-10-35-23(17-19)36-27(41)18-5-6-18)49-16-14-47-12-11-46-13-15-48-22-4-2-3-20-25(22)33(45)39(32(20)44)21-7-8-24(40)37-28(21)42/h2-4,9-10,17-18,21H,5-8,11-16H2,1H3,(H,34,43)(H,35,36,41)(H,37,40,42). The molecule has 2 aliphatic heterocycles. The van der Waals surface area contributed by atoms with Gasteiger partial charge in [-0.3, -0.25) is 39.0 Å². The molecule has 1 aliphatic carbocycles. The highest BCUT2D eigenvalue weighted by atomic mass is 32.1. The van der Waals surface area contributed by atoms with E-state index in [2.05, 4.69) is 25.9 Å². The maximum atomic E-state index is 13.2. The number of benzene rings is 1. The Morgan fingerprint density at radius 1 is 0.960 bits per heavy atom. The average molecular weight is 707 g/mol. The molecular formula is C33H34N6O10S. The number of ether oxygens (including phenoxy) is 4. The first-order valence-electron chi connectivity index (χ1n) is 16.0. The Hall–Kier alpha value is -5.26. The van der Waals surface area contributed by atoms with Crippen LogP contribution in [-0.2, 0) is 23.9 Å². The summed E-state index contributed by atoms with van der Waals surface area (Å²) in [6.07, 6.45) is 3.42. The largest absolute Gasteiger partial charge is 0.490 e. The van der Waals surface area contributed by atoms with Crippen molar-refractivity contribution < 1.29 is 47.7 Å². The number of hydrogen-bond donors (Lipinski definition) is 3. The number of thiazole rings is 1. The van der Waals surface area contributed by atoms with Crippen molar-refractivity contribution in [1.82, 2.24) is 25.5 Å². The minimum atomic E-state index is -1.06. The van der Waals surface area contributed by atoms with Crippen LogP contribution in [0.2, 0.25) is 0 Å². The molecule has 6 rings (SSSR count). The first-order chi connectivity index (χ1) is 24.2. The van der Waals surface area contributed by atoms with E-state index in [9.17, 15) is 28.8 Å². The molecule has 6 amide bonds. The van der Waals surface area contributed by atoms with Gasteiger partial charge in [0.15, 0.2) is 4.88 Å². The first kappa shape index (κ1) is 34.6. The second-order valence-electron chi connectivity index (χ2n) is 11.5. The van der Waals surface area contributed by atoms with Crippen LogP contribution in [0.5, 0.6) is 11.6 Å². The molecule has 1 aromatic carbocycles. The summed E-state index contributed by atoms with van der Waals surface area (Å²) >= 11 is 1.16. The van der Waals surface area contributed by atoms with E-state index < -0.39 is 29.7 Å². The lowest BCUT2D eigenvalue weighted by atomic mass is 10.0. The zero-order valence-corrected chi connectivity index (χ0v) is 27.8. The number of carbonyl (C=O) groups excluding carboxylic acids is 6. The van der Waals surface area contributed by atoms with Gasteiger partial charge in [0, 0.05) is 31.1 Å². The minimum absolute atomic E-state index is 0.0319. The van der Waals surface area contributed by atoms with Crippen molar-refractivity contribution in [1.29, 1.82) is 0 Å². The van der Waals surface area contributed by atoms with Gasteiger partial charge in [0.05, 0.1) is 37.6 Å². The highest BCUT2D eigenvalue weighted by Crippen LogP contribution is 2.35. The van der Waals surface area contributed by atoms with Gasteiger partial charge in [-0.1, -0.05) is 6.07 Å². The molecule has 3 N–H and O–H groups in total. The molecule has 17 heteroatoms. The van der Waals surface area contributed by atoms with Gasteiger partial charge < -0.3 is 29.6 Å². The van der Waals surface area contributed by atoms with Gasteiger partial charge in [-0.25, -0.2) is 9.97 Å². The molecule has 1 saturated carbocycles. The van der Waals surface area contributed by atoms with Crippen molar-refractivity contribution in [3.63, 3.8) is 0 Å². The third-order valence-corrected chi connectivity index (χ3v) is 9.07. The maximum Gasteiger partial charge on any atom is 0.266 e. The summed E-state index contributed by atoms with van der Waals surface area (Å²) in [6.45, 7) is 1.05. The van der Waals surface area contributed by atoms with Gasteiger partial charge in [0.2, 0.25) is 23.6 Å². The second-order valence-corrected chi connectivity index (χ2v) is 12.5. The van der Waals surface area contributed by atoms with Crippen LogP contribution in [0.4, 0.5) is 5.82 Å². The summed E-state index contributed by atoms with van der Waals surface area (Å²) in [7, 11) is 1.52.